The van der Waals surface area contributed by atoms with Crippen LogP contribution in [0.3, 0.4) is 0 Å². The molecule has 0 fully saturated rings. The maximum absolute atomic E-state index is 3.82. The van der Waals surface area contributed by atoms with E-state index in [1.807, 2.05) is 6.08 Å². The number of hydrogen-bond donors (Lipinski definition) is 0. The van der Waals surface area contributed by atoms with Gasteiger partial charge in [0.05, 0.1) is 0 Å². The fourth-order valence-electron chi connectivity index (χ4n) is 2.89. The number of rotatable bonds is 3. The van der Waals surface area contributed by atoms with Gasteiger partial charge in [-0.1, -0.05) is 91.0 Å². The maximum atomic E-state index is 3.82. The van der Waals surface area contributed by atoms with Gasteiger partial charge in [-0.15, -0.1) is 0 Å². The van der Waals surface area contributed by atoms with Crippen LogP contribution in [0.15, 0.2) is 79.4 Å². The summed E-state index contributed by atoms with van der Waals surface area (Å²) in [4.78, 5) is 0. The smallest absolute Gasteiger partial charge is 0.0178 e. The van der Waals surface area contributed by atoms with E-state index in [-0.39, 0.29) is 0 Å². The van der Waals surface area contributed by atoms with E-state index in [1.165, 1.54) is 38.3 Å². The Bertz CT molecular complexity index is 956. The minimum atomic E-state index is 1.20. The van der Waals surface area contributed by atoms with Crippen LogP contribution in [-0.2, 0) is 0 Å². The lowest BCUT2D eigenvalue weighted by molar-refractivity contribution is 1.46. The SMILES string of the molecule is C=CC=c1cc(-c2ccc(-c3ccc(C)cc3)cc2)ccc1=CC. The van der Waals surface area contributed by atoms with E-state index in [9.17, 15) is 0 Å². The monoisotopic (exact) mass is 310 g/mol. The Morgan fingerprint density at radius 3 is 1.71 bits per heavy atom. The van der Waals surface area contributed by atoms with Gasteiger partial charge in [0.25, 0.3) is 0 Å². The normalized spacial score (nSPS) is 12.4. The molecule has 3 aromatic carbocycles. The van der Waals surface area contributed by atoms with Crippen LogP contribution in [0.2, 0.25) is 0 Å². The molecule has 0 heteroatoms. The molecule has 0 aliphatic rings. The molecule has 0 aliphatic carbocycles. The molecule has 0 aliphatic heterocycles. The summed E-state index contributed by atoms with van der Waals surface area (Å²) in [6, 6.07) is 24.0. The summed E-state index contributed by atoms with van der Waals surface area (Å²) < 4.78 is 0. The van der Waals surface area contributed by atoms with Crippen molar-refractivity contribution in [2.24, 2.45) is 0 Å². The Hall–Kier alpha value is -2.86. The second-order valence-electron chi connectivity index (χ2n) is 5.98. The van der Waals surface area contributed by atoms with Gasteiger partial charge in [0.15, 0.2) is 0 Å². The molecule has 3 aromatic rings. The molecular formula is C24H22. The van der Waals surface area contributed by atoms with Gasteiger partial charge in [-0.25, -0.2) is 0 Å². The third kappa shape index (κ3) is 3.38. The highest BCUT2D eigenvalue weighted by molar-refractivity contribution is 5.70. The average Bonchev–Trinajstić information content (AvgIpc) is 2.63. The molecular weight excluding hydrogens is 288 g/mol. The van der Waals surface area contributed by atoms with E-state index in [0.29, 0.717) is 0 Å². The van der Waals surface area contributed by atoms with Crippen LogP contribution in [-0.4, -0.2) is 0 Å². The minimum Gasteiger partial charge on any atom is -0.0990 e. The Morgan fingerprint density at radius 1 is 0.667 bits per heavy atom. The number of aryl methyl sites for hydroxylation is 1. The molecule has 0 amide bonds. The van der Waals surface area contributed by atoms with Crippen molar-refractivity contribution in [1.82, 2.24) is 0 Å². The summed E-state index contributed by atoms with van der Waals surface area (Å²) in [7, 11) is 0. The zero-order valence-electron chi connectivity index (χ0n) is 14.3. The molecule has 0 unspecified atom stereocenters. The molecule has 0 aromatic heterocycles. The van der Waals surface area contributed by atoms with Crippen molar-refractivity contribution in [3.05, 3.63) is 95.4 Å². The van der Waals surface area contributed by atoms with Crippen molar-refractivity contribution in [2.75, 3.05) is 0 Å². The van der Waals surface area contributed by atoms with Gasteiger partial charge >= 0.3 is 0 Å². The van der Waals surface area contributed by atoms with Crippen molar-refractivity contribution in [3.63, 3.8) is 0 Å². The molecule has 0 N–H and O–H groups in total. The van der Waals surface area contributed by atoms with Crippen LogP contribution in [0.25, 0.3) is 34.4 Å². The summed E-state index contributed by atoms with van der Waals surface area (Å²) in [6.07, 6.45) is 6.02. The topological polar surface area (TPSA) is 0 Å². The molecule has 0 saturated carbocycles. The Labute approximate surface area is 144 Å². The molecule has 24 heavy (non-hydrogen) atoms. The zero-order chi connectivity index (χ0) is 16.9. The zero-order valence-corrected chi connectivity index (χ0v) is 14.3. The molecule has 3 rings (SSSR count). The van der Waals surface area contributed by atoms with Gasteiger partial charge in [-0.2, -0.15) is 0 Å². The molecule has 0 bridgehead atoms. The van der Waals surface area contributed by atoms with Crippen molar-refractivity contribution < 1.29 is 0 Å². The molecule has 0 heterocycles. The lowest BCUT2D eigenvalue weighted by atomic mass is 9.99. The molecule has 0 saturated heterocycles. The van der Waals surface area contributed by atoms with Gasteiger partial charge in [-0.3, -0.25) is 0 Å². The maximum Gasteiger partial charge on any atom is -0.0178 e. The van der Waals surface area contributed by atoms with Gasteiger partial charge < -0.3 is 0 Å². The van der Waals surface area contributed by atoms with E-state index in [1.54, 1.807) is 0 Å². The molecule has 0 nitrogen and oxygen atoms in total. The van der Waals surface area contributed by atoms with Crippen molar-refractivity contribution in [2.45, 2.75) is 13.8 Å². The first-order valence-electron chi connectivity index (χ1n) is 8.28. The summed E-state index contributed by atoms with van der Waals surface area (Å²) in [5.74, 6) is 0. The van der Waals surface area contributed by atoms with Gasteiger partial charge in [0.1, 0.15) is 0 Å². The summed E-state index contributed by atoms with van der Waals surface area (Å²) in [5, 5.41) is 2.43. The van der Waals surface area contributed by atoms with E-state index in [0.717, 1.165) is 0 Å². The first-order chi connectivity index (χ1) is 11.7. The third-order valence-corrected chi connectivity index (χ3v) is 4.30. The molecule has 0 spiro atoms. The van der Waals surface area contributed by atoms with E-state index < -0.39 is 0 Å². The minimum absolute atomic E-state index is 1.20. The second kappa shape index (κ2) is 7.14. The molecule has 118 valence electrons. The fraction of sp³-hybridized carbons (Fsp3) is 0.0833. The van der Waals surface area contributed by atoms with Crippen molar-refractivity contribution >= 4 is 12.2 Å². The Kier molecular flexibility index (Phi) is 4.77. The van der Waals surface area contributed by atoms with E-state index in [2.05, 4.69) is 99.3 Å². The predicted molar refractivity (Wildman–Crippen MR) is 106 cm³/mol. The van der Waals surface area contributed by atoms with Crippen LogP contribution in [0.4, 0.5) is 0 Å². The summed E-state index contributed by atoms with van der Waals surface area (Å²) >= 11 is 0. The largest absolute Gasteiger partial charge is 0.0990 e. The Morgan fingerprint density at radius 2 is 1.17 bits per heavy atom. The Balaban J connectivity index is 1.99. The summed E-state index contributed by atoms with van der Waals surface area (Å²) in [6.45, 7) is 7.99. The predicted octanol–water partition coefficient (Wildman–Crippen LogP) is 5.10. The number of hydrogen-bond acceptors (Lipinski definition) is 0. The van der Waals surface area contributed by atoms with Gasteiger partial charge in [0, 0.05) is 0 Å². The van der Waals surface area contributed by atoms with Crippen LogP contribution in [0.5, 0.6) is 0 Å². The van der Waals surface area contributed by atoms with Crippen LogP contribution in [0.1, 0.15) is 12.5 Å². The lowest BCUT2D eigenvalue weighted by Gasteiger charge is -2.06. The van der Waals surface area contributed by atoms with Crippen LogP contribution < -0.4 is 10.4 Å². The summed E-state index contributed by atoms with van der Waals surface area (Å²) in [5.41, 5.74) is 6.24. The van der Waals surface area contributed by atoms with Gasteiger partial charge in [0.2, 0.25) is 0 Å². The van der Waals surface area contributed by atoms with Crippen molar-refractivity contribution in [3.8, 4) is 22.3 Å². The van der Waals surface area contributed by atoms with E-state index in [4.69, 9.17) is 0 Å². The first-order valence-corrected chi connectivity index (χ1v) is 8.28. The first kappa shape index (κ1) is 16.0. The molecule has 0 radical (unpaired) electrons. The van der Waals surface area contributed by atoms with Crippen LogP contribution in [0, 0.1) is 6.92 Å². The van der Waals surface area contributed by atoms with Crippen molar-refractivity contribution in [1.29, 1.82) is 0 Å². The lowest BCUT2D eigenvalue weighted by Crippen LogP contribution is -2.23. The second-order valence-corrected chi connectivity index (χ2v) is 5.98. The average molecular weight is 310 g/mol. The quantitative estimate of drug-likeness (QED) is 0.631. The highest BCUT2D eigenvalue weighted by Gasteiger charge is 2.01. The van der Waals surface area contributed by atoms with Crippen LogP contribution >= 0.6 is 0 Å². The number of allylic oxidation sites excluding steroid dienone is 1. The molecule has 0 atom stereocenters. The van der Waals surface area contributed by atoms with E-state index >= 15 is 0 Å². The fourth-order valence-corrected chi connectivity index (χ4v) is 2.89. The highest BCUT2D eigenvalue weighted by Crippen LogP contribution is 2.24. The number of benzene rings is 3. The highest BCUT2D eigenvalue weighted by atomic mass is 14.1. The van der Waals surface area contributed by atoms with Gasteiger partial charge in [-0.05, 0) is 52.6 Å². The third-order valence-electron chi connectivity index (χ3n) is 4.30. The standard InChI is InChI=1S/C24H22/c1-4-6-23-17-24(16-11-19(23)5-2)22-14-12-21(13-15-22)20-9-7-18(3)8-10-20/h4-17H,1H2,2-3H3.